The third-order valence-electron chi connectivity index (χ3n) is 5.74. The molecule has 0 heterocycles. The predicted molar refractivity (Wildman–Crippen MR) is 114 cm³/mol. The first kappa shape index (κ1) is 26.5. The van der Waals surface area contributed by atoms with E-state index < -0.39 is 8.32 Å². The second-order valence-electron chi connectivity index (χ2n) is 8.90. The summed E-state index contributed by atoms with van der Waals surface area (Å²) >= 11 is 0. The Labute approximate surface area is 167 Å². The van der Waals surface area contributed by atoms with E-state index in [9.17, 15) is 4.79 Å². The molecule has 0 amide bonds. The molecule has 0 saturated carbocycles. The van der Waals surface area contributed by atoms with Gasteiger partial charge in [-0.3, -0.25) is 4.79 Å². The van der Waals surface area contributed by atoms with Gasteiger partial charge in [-0.25, -0.2) is 0 Å². The minimum atomic E-state index is -1.92. The maximum Gasteiger partial charge on any atom is 0.192 e. The van der Waals surface area contributed by atoms with Crippen LogP contribution in [0.2, 0.25) is 18.1 Å². The van der Waals surface area contributed by atoms with Gasteiger partial charge in [0, 0.05) is 39.8 Å². The molecule has 0 aromatic heterocycles. The summed E-state index contributed by atoms with van der Waals surface area (Å²) in [6.45, 7) is 15.3. The van der Waals surface area contributed by atoms with Gasteiger partial charge in [0.2, 0.25) is 0 Å². The lowest BCUT2D eigenvalue weighted by molar-refractivity contribution is -0.135. The molecule has 0 bridgehead atoms. The van der Waals surface area contributed by atoms with E-state index in [1.165, 1.54) is 0 Å². The number of rotatable bonds is 13. The van der Waals surface area contributed by atoms with Crippen molar-refractivity contribution in [3.05, 3.63) is 11.6 Å². The molecule has 6 heteroatoms. The number of carbonyl (C=O) groups excluding carboxylic acids is 1. The van der Waals surface area contributed by atoms with Crippen LogP contribution in [0.25, 0.3) is 0 Å². The van der Waals surface area contributed by atoms with Crippen molar-refractivity contribution in [3.8, 4) is 0 Å². The van der Waals surface area contributed by atoms with E-state index in [-0.39, 0.29) is 29.5 Å². The second kappa shape index (κ2) is 12.1. The average molecular weight is 403 g/mol. The van der Waals surface area contributed by atoms with Gasteiger partial charge >= 0.3 is 0 Å². The van der Waals surface area contributed by atoms with Crippen LogP contribution >= 0.6 is 0 Å². The van der Waals surface area contributed by atoms with Crippen LogP contribution in [0.4, 0.5) is 0 Å². The van der Waals surface area contributed by atoms with Crippen molar-refractivity contribution in [3.63, 3.8) is 0 Å². The zero-order valence-corrected chi connectivity index (χ0v) is 20.1. The lowest BCUT2D eigenvalue weighted by atomic mass is 9.97. The molecular weight excluding hydrogens is 360 g/mol. The lowest BCUT2D eigenvalue weighted by Crippen LogP contribution is -2.45. The van der Waals surface area contributed by atoms with Crippen molar-refractivity contribution >= 4 is 14.6 Å². The molecule has 5 nitrogen and oxygen atoms in total. The Bertz CT molecular complexity index is 452. The Morgan fingerprint density at radius 1 is 1.04 bits per heavy atom. The van der Waals surface area contributed by atoms with E-state index in [2.05, 4.69) is 40.8 Å². The third-order valence-corrected chi connectivity index (χ3v) is 10.3. The molecule has 27 heavy (non-hydrogen) atoms. The third kappa shape index (κ3) is 9.00. The number of hydrogen-bond donors (Lipinski definition) is 0. The lowest BCUT2D eigenvalue weighted by Gasteiger charge is -2.40. The largest absolute Gasteiger partial charge is 0.414 e. The predicted octanol–water partition coefficient (Wildman–Crippen LogP) is 4.96. The highest BCUT2D eigenvalue weighted by atomic mass is 28.4. The topological polar surface area (TPSA) is 54.0 Å². The van der Waals surface area contributed by atoms with Gasteiger partial charge in [-0.2, -0.15) is 0 Å². The molecule has 0 aliphatic heterocycles. The van der Waals surface area contributed by atoms with Gasteiger partial charge < -0.3 is 18.6 Å². The zero-order valence-electron chi connectivity index (χ0n) is 19.1. The molecule has 0 aromatic carbocycles. The van der Waals surface area contributed by atoms with E-state index in [0.29, 0.717) is 0 Å². The molecule has 0 aliphatic rings. The van der Waals surface area contributed by atoms with E-state index in [1.54, 1.807) is 27.4 Å². The number of carbonyl (C=O) groups is 1. The summed E-state index contributed by atoms with van der Waals surface area (Å²) in [6.07, 6.45) is 4.67. The van der Waals surface area contributed by atoms with Crippen LogP contribution in [-0.4, -0.2) is 54.4 Å². The molecule has 0 fully saturated rings. The fourth-order valence-corrected chi connectivity index (χ4v) is 4.29. The molecule has 0 rings (SSSR count). The second-order valence-corrected chi connectivity index (χ2v) is 13.7. The maximum absolute atomic E-state index is 10.9. The monoisotopic (exact) mass is 402 g/mol. The van der Waals surface area contributed by atoms with Crippen molar-refractivity contribution in [1.29, 1.82) is 0 Å². The van der Waals surface area contributed by atoms with E-state index in [1.807, 2.05) is 6.92 Å². The normalized spacial score (nSPS) is 17.1. The fraction of sp³-hybridized carbons (Fsp3) is 0.857. The Morgan fingerprint density at radius 2 is 1.59 bits per heavy atom. The van der Waals surface area contributed by atoms with Gasteiger partial charge in [0.25, 0.3) is 0 Å². The first-order chi connectivity index (χ1) is 12.4. The number of hydrogen-bond acceptors (Lipinski definition) is 5. The van der Waals surface area contributed by atoms with Gasteiger partial charge in [0.15, 0.2) is 14.6 Å². The van der Waals surface area contributed by atoms with Gasteiger partial charge in [0.1, 0.15) is 6.29 Å². The number of allylic oxidation sites excluding steroid dienone is 1. The highest BCUT2D eigenvalue weighted by Gasteiger charge is 2.39. The van der Waals surface area contributed by atoms with E-state index in [0.717, 1.165) is 31.1 Å². The molecule has 0 unspecified atom stereocenters. The van der Waals surface area contributed by atoms with E-state index >= 15 is 0 Å². The summed E-state index contributed by atoms with van der Waals surface area (Å²) in [5.41, 5.74) is 0.927. The molecule has 0 aliphatic carbocycles. The molecule has 160 valence electrons. The van der Waals surface area contributed by atoms with E-state index in [4.69, 9.17) is 18.6 Å². The Hall–Kier alpha value is -0.533. The minimum Gasteiger partial charge on any atom is -0.414 e. The molecular formula is C21H42O5Si. The summed E-state index contributed by atoms with van der Waals surface area (Å²) in [6, 6.07) is 0. The SMILES string of the molecule is COC(OC)[C@H](C)CC[C@@H](C[C@H](OC)/C(C)=C/C=O)O[Si](C)(C)C(C)(C)C. The van der Waals surface area contributed by atoms with Crippen LogP contribution in [0.15, 0.2) is 11.6 Å². The van der Waals surface area contributed by atoms with Crippen molar-refractivity contribution in [1.82, 2.24) is 0 Å². The summed E-state index contributed by atoms with van der Waals surface area (Å²) in [4.78, 5) is 10.9. The van der Waals surface area contributed by atoms with Crippen LogP contribution < -0.4 is 0 Å². The Morgan fingerprint density at radius 3 is 2.00 bits per heavy atom. The average Bonchev–Trinajstić information content (AvgIpc) is 2.57. The molecule has 3 atom stereocenters. The number of aldehydes is 1. The molecule has 0 saturated heterocycles. The number of methoxy groups -OCH3 is 3. The summed E-state index contributed by atoms with van der Waals surface area (Å²) in [7, 11) is 3.10. The molecule has 0 aromatic rings. The standard InChI is InChI=1S/C21H42O5Si/c1-16(13-14-22)19(23-6)15-18(26-27(9,10)21(3,4)5)12-11-17(2)20(24-7)25-8/h13-14,17-20H,11-12,15H2,1-10H3/b16-13+/t17-,18+,19+/m1/s1. The quantitative estimate of drug-likeness (QED) is 0.189. The van der Waals surface area contributed by atoms with Crippen LogP contribution in [0.5, 0.6) is 0 Å². The van der Waals surface area contributed by atoms with Gasteiger partial charge in [-0.05, 0) is 49.5 Å². The summed E-state index contributed by atoms with van der Waals surface area (Å²) < 4.78 is 23.2. The van der Waals surface area contributed by atoms with Crippen LogP contribution in [0, 0.1) is 5.92 Å². The number of ether oxygens (including phenoxy) is 3. The minimum absolute atomic E-state index is 0.0580. The maximum atomic E-state index is 10.9. The zero-order chi connectivity index (χ0) is 21.3. The van der Waals surface area contributed by atoms with Crippen molar-refractivity contribution < 1.29 is 23.4 Å². The Balaban J connectivity index is 5.31. The fourth-order valence-electron chi connectivity index (χ4n) is 2.89. The van der Waals surface area contributed by atoms with Crippen LogP contribution in [0.3, 0.4) is 0 Å². The van der Waals surface area contributed by atoms with Gasteiger partial charge in [-0.15, -0.1) is 0 Å². The molecule has 0 N–H and O–H groups in total. The molecule has 0 radical (unpaired) electrons. The Kier molecular flexibility index (Phi) is 11.9. The van der Waals surface area contributed by atoms with Gasteiger partial charge in [0.05, 0.1) is 6.10 Å². The van der Waals surface area contributed by atoms with Gasteiger partial charge in [-0.1, -0.05) is 27.7 Å². The first-order valence-electron chi connectivity index (χ1n) is 9.81. The van der Waals surface area contributed by atoms with Crippen molar-refractivity contribution in [2.45, 2.75) is 90.5 Å². The molecule has 0 spiro atoms. The van der Waals surface area contributed by atoms with Crippen LogP contribution in [-0.2, 0) is 23.4 Å². The summed E-state index contributed by atoms with van der Waals surface area (Å²) in [5, 5.41) is 0.134. The highest BCUT2D eigenvalue weighted by Crippen LogP contribution is 2.38. The smallest absolute Gasteiger partial charge is 0.192 e. The van der Waals surface area contributed by atoms with Crippen molar-refractivity contribution in [2.24, 2.45) is 5.92 Å². The van der Waals surface area contributed by atoms with Crippen molar-refractivity contribution in [2.75, 3.05) is 21.3 Å². The summed E-state index contributed by atoms with van der Waals surface area (Å²) in [5.74, 6) is 0.262. The first-order valence-corrected chi connectivity index (χ1v) is 12.7. The highest BCUT2D eigenvalue weighted by molar-refractivity contribution is 6.74. The van der Waals surface area contributed by atoms with Crippen LogP contribution in [0.1, 0.15) is 53.9 Å².